The molecule has 28 heavy (non-hydrogen) atoms. The lowest BCUT2D eigenvalue weighted by Crippen LogP contribution is -2.41. The molecular formula is C20H23ClN4O3. The van der Waals surface area contributed by atoms with Gasteiger partial charge in [0.2, 0.25) is 0 Å². The maximum absolute atomic E-state index is 12.2. The summed E-state index contributed by atoms with van der Waals surface area (Å²) < 4.78 is 5.30. The van der Waals surface area contributed by atoms with E-state index in [0.717, 1.165) is 32.8 Å². The fraction of sp³-hybridized carbons (Fsp3) is 0.300. The second-order valence-electron chi connectivity index (χ2n) is 6.37. The van der Waals surface area contributed by atoms with Crippen molar-refractivity contribution >= 4 is 34.9 Å². The first-order valence-electron chi connectivity index (χ1n) is 9.12. The van der Waals surface area contributed by atoms with Gasteiger partial charge in [-0.2, -0.15) is 0 Å². The van der Waals surface area contributed by atoms with Crippen LogP contribution in [-0.2, 0) is 4.74 Å². The molecule has 0 aliphatic carbocycles. The van der Waals surface area contributed by atoms with Crippen molar-refractivity contribution in [1.29, 1.82) is 0 Å². The van der Waals surface area contributed by atoms with Gasteiger partial charge < -0.3 is 20.7 Å². The Morgan fingerprint density at radius 1 is 0.929 bits per heavy atom. The summed E-state index contributed by atoms with van der Waals surface area (Å²) in [5.41, 5.74) is 1.78. The number of ether oxygens (including phenoxy) is 1. The molecule has 8 heteroatoms. The molecule has 1 aliphatic heterocycles. The number of hydrogen-bond acceptors (Lipinski definition) is 4. The molecule has 1 aliphatic rings. The highest BCUT2D eigenvalue weighted by molar-refractivity contribution is 6.30. The summed E-state index contributed by atoms with van der Waals surface area (Å²) in [6, 6.07) is 13.2. The Labute approximate surface area is 169 Å². The van der Waals surface area contributed by atoms with Crippen molar-refractivity contribution in [3.63, 3.8) is 0 Å². The predicted molar refractivity (Wildman–Crippen MR) is 110 cm³/mol. The molecule has 0 aromatic heterocycles. The first-order chi connectivity index (χ1) is 13.6. The van der Waals surface area contributed by atoms with Crippen molar-refractivity contribution in [2.45, 2.75) is 0 Å². The highest BCUT2D eigenvalue weighted by Crippen LogP contribution is 2.14. The second-order valence-corrected chi connectivity index (χ2v) is 6.81. The highest BCUT2D eigenvalue weighted by Gasteiger charge is 2.11. The minimum absolute atomic E-state index is 0.134. The van der Waals surface area contributed by atoms with Crippen LogP contribution in [-0.4, -0.2) is 56.2 Å². The SMILES string of the molecule is O=C(Nc1ccc(Cl)cc1)Nc1ccc(C(=O)NCCN2CCOCC2)cc1. The van der Waals surface area contributed by atoms with Crippen LogP contribution in [0, 0.1) is 0 Å². The molecule has 2 aromatic rings. The number of benzene rings is 2. The summed E-state index contributed by atoms with van der Waals surface area (Å²) in [6.07, 6.45) is 0. The summed E-state index contributed by atoms with van der Waals surface area (Å²) in [4.78, 5) is 26.5. The molecule has 2 aromatic carbocycles. The molecule has 7 nitrogen and oxygen atoms in total. The van der Waals surface area contributed by atoms with Gasteiger partial charge in [-0.25, -0.2) is 4.79 Å². The minimum Gasteiger partial charge on any atom is -0.379 e. The monoisotopic (exact) mass is 402 g/mol. The highest BCUT2D eigenvalue weighted by atomic mass is 35.5. The number of anilines is 2. The van der Waals surface area contributed by atoms with E-state index in [4.69, 9.17) is 16.3 Å². The molecule has 0 atom stereocenters. The Morgan fingerprint density at radius 2 is 1.50 bits per heavy atom. The lowest BCUT2D eigenvalue weighted by atomic mass is 10.2. The quantitative estimate of drug-likeness (QED) is 0.693. The molecule has 0 bridgehead atoms. The van der Waals surface area contributed by atoms with Gasteiger partial charge in [-0.15, -0.1) is 0 Å². The smallest absolute Gasteiger partial charge is 0.323 e. The molecular weight excluding hydrogens is 380 g/mol. The fourth-order valence-electron chi connectivity index (χ4n) is 2.79. The number of amides is 3. The van der Waals surface area contributed by atoms with Crippen LogP contribution < -0.4 is 16.0 Å². The Balaban J connectivity index is 1.43. The summed E-state index contributed by atoms with van der Waals surface area (Å²) in [6.45, 7) is 4.67. The maximum Gasteiger partial charge on any atom is 0.323 e. The van der Waals surface area contributed by atoms with E-state index in [0.29, 0.717) is 28.5 Å². The van der Waals surface area contributed by atoms with Gasteiger partial charge in [0.1, 0.15) is 0 Å². The van der Waals surface area contributed by atoms with Gasteiger partial charge in [-0.3, -0.25) is 9.69 Å². The van der Waals surface area contributed by atoms with Crippen LogP contribution >= 0.6 is 11.6 Å². The van der Waals surface area contributed by atoms with Crippen LogP contribution in [0.3, 0.4) is 0 Å². The Bertz CT molecular complexity index is 790. The largest absolute Gasteiger partial charge is 0.379 e. The number of hydrogen-bond donors (Lipinski definition) is 3. The summed E-state index contributed by atoms with van der Waals surface area (Å²) in [5, 5.41) is 8.95. The first-order valence-corrected chi connectivity index (χ1v) is 9.50. The third kappa shape index (κ3) is 6.23. The van der Waals surface area contributed by atoms with E-state index in [9.17, 15) is 9.59 Å². The molecule has 0 saturated carbocycles. The molecule has 0 radical (unpaired) electrons. The van der Waals surface area contributed by atoms with E-state index in [1.807, 2.05) is 0 Å². The number of carbonyl (C=O) groups is 2. The third-order valence-electron chi connectivity index (χ3n) is 4.32. The molecule has 1 fully saturated rings. The zero-order chi connectivity index (χ0) is 19.8. The van der Waals surface area contributed by atoms with Crippen LogP contribution in [0.4, 0.5) is 16.2 Å². The average molecular weight is 403 g/mol. The molecule has 3 rings (SSSR count). The average Bonchev–Trinajstić information content (AvgIpc) is 2.71. The lowest BCUT2D eigenvalue weighted by Gasteiger charge is -2.26. The molecule has 0 spiro atoms. The van der Waals surface area contributed by atoms with Gasteiger partial charge in [0.15, 0.2) is 0 Å². The van der Waals surface area contributed by atoms with E-state index in [2.05, 4.69) is 20.9 Å². The van der Waals surface area contributed by atoms with E-state index in [1.165, 1.54) is 0 Å². The van der Waals surface area contributed by atoms with E-state index in [1.54, 1.807) is 48.5 Å². The standard InChI is InChI=1S/C20H23ClN4O3/c21-16-3-7-18(8-4-16)24-20(27)23-17-5-1-15(2-6-17)19(26)22-9-10-25-11-13-28-14-12-25/h1-8H,9-14H2,(H,22,26)(H2,23,24,27). The first kappa shape index (κ1) is 20.1. The van der Waals surface area contributed by atoms with Gasteiger partial charge >= 0.3 is 6.03 Å². The number of morpholine rings is 1. The molecule has 3 amide bonds. The van der Waals surface area contributed by atoms with Crippen LogP contribution in [0.2, 0.25) is 5.02 Å². The van der Waals surface area contributed by atoms with Crippen LogP contribution in [0.5, 0.6) is 0 Å². The predicted octanol–water partition coefficient (Wildman–Crippen LogP) is 3.05. The van der Waals surface area contributed by atoms with E-state index >= 15 is 0 Å². The number of nitrogens with one attached hydrogen (secondary N) is 3. The zero-order valence-corrected chi connectivity index (χ0v) is 16.2. The van der Waals surface area contributed by atoms with Crippen molar-refractivity contribution in [1.82, 2.24) is 10.2 Å². The third-order valence-corrected chi connectivity index (χ3v) is 4.58. The van der Waals surface area contributed by atoms with Crippen molar-refractivity contribution < 1.29 is 14.3 Å². The zero-order valence-electron chi connectivity index (χ0n) is 15.4. The normalized spacial score (nSPS) is 14.3. The van der Waals surface area contributed by atoms with E-state index < -0.39 is 0 Å². The number of halogens is 1. The Hall–Kier alpha value is -2.61. The number of rotatable bonds is 6. The summed E-state index contributed by atoms with van der Waals surface area (Å²) in [5.74, 6) is -0.134. The lowest BCUT2D eigenvalue weighted by molar-refractivity contribution is 0.0383. The van der Waals surface area contributed by atoms with Crippen LogP contribution in [0.15, 0.2) is 48.5 Å². The van der Waals surface area contributed by atoms with E-state index in [-0.39, 0.29) is 11.9 Å². The van der Waals surface area contributed by atoms with Gasteiger partial charge in [0.25, 0.3) is 5.91 Å². The van der Waals surface area contributed by atoms with Gasteiger partial charge in [0.05, 0.1) is 13.2 Å². The van der Waals surface area contributed by atoms with Crippen LogP contribution in [0.1, 0.15) is 10.4 Å². The van der Waals surface area contributed by atoms with Crippen molar-refractivity contribution in [3.8, 4) is 0 Å². The molecule has 3 N–H and O–H groups in total. The Morgan fingerprint density at radius 3 is 2.11 bits per heavy atom. The second kappa shape index (κ2) is 10.1. The number of urea groups is 1. The van der Waals surface area contributed by atoms with Gasteiger partial charge in [-0.05, 0) is 48.5 Å². The van der Waals surface area contributed by atoms with Crippen molar-refractivity contribution in [2.75, 3.05) is 50.0 Å². The van der Waals surface area contributed by atoms with Crippen molar-refractivity contribution in [2.24, 2.45) is 0 Å². The topological polar surface area (TPSA) is 82.7 Å². The summed E-state index contributed by atoms with van der Waals surface area (Å²) in [7, 11) is 0. The summed E-state index contributed by atoms with van der Waals surface area (Å²) >= 11 is 5.82. The maximum atomic E-state index is 12.2. The van der Waals surface area contributed by atoms with Crippen LogP contribution in [0.25, 0.3) is 0 Å². The number of carbonyl (C=O) groups excluding carboxylic acids is 2. The fourth-order valence-corrected chi connectivity index (χ4v) is 2.91. The molecule has 1 heterocycles. The molecule has 1 saturated heterocycles. The minimum atomic E-state index is -0.370. The number of nitrogens with zero attached hydrogens (tertiary/aromatic N) is 1. The van der Waals surface area contributed by atoms with Gasteiger partial charge in [0, 0.05) is 48.1 Å². The van der Waals surface area contributed by atoms with Gasteiger partial charge in [-0.1, -0.05) is 11.6 Å². The molecule has 0 unspecified atom stereocenters. The molecule has 148 valence electrons. The van der Waals surface area contributed by atoms with Crippen molar-refractivity contribution in [3.05, 3.63) is 59.1 Å². The Kier molecular flexibility index (Phi) is 7.25.